The molecule has 3 N–H and O–H groups in total. The summed E-state index contributed by atoms with van der Waals surface area (Å²) in [5, 5.41) is 20.6. The van der Waals surface area contributed by atoms with Crippen LogP contribution in [0, 0.1) is 34.3 Å². The van der Waals surface area contributed by atoms with Gasteiger partial charge in [-0.3, -0.25) is 4.79 Å². The van der Waals surface area contributed by atoms with Crippen molar-refractivity contribution in [2.45, 2.75) is 0 Å². The molecule has 10 heteroatoms. The van der Waals surface area contributed by atoms with Gasteiger partial charge in [0.15, 0.2) is 11.6 Å². The van der Waals surface area contributed by atoms with E-state index in [1.807, 2.05) is 12.1 Å². The number of rotatable bonds is 6. The fourth-order valence-electron chi connectivity index (χ4n) is 3.09. The highest BCUT2D eigenvalue weighted by atomic mass is 19.1. The molecule has 1 aromatic heterocycles. The highest BCUT2D eigenvalue weighted by Gasteiger charge is 2.20. The molecule has 1 amide bonds. The minimum Gasteiger partial charge on any atom is -0.432 e. The van der Waals surface area contributed by atoms with E-state index >= 15 is 0 Å². The number of benzene rings is 3. The minimum atomic E-state index is -1.04. The fraction of sp³-hybridized carbons (Fsp3) is 0. The zero-order chi connectivity index (χ0) is 24.9. The van der Waals surface area contributed by atoms with Crippen molar-refractivity contribution in [3.63, 3.8) is 0 Å². The Morgan fingerprint density at radius 2 is 1.49 bits per heavy atom. The van der Waals surface area contributed by atoms with Gasteiger partial charge in [0, 0.05) is 11.9 Å². The molecule has 0 spiro atoms. The first-order chi connectivity index (χ1) is 16.9. The Morgan fingerprint density at radius 3 is 2.03 bits per heavy atom. The Balaban J connectivity index is 1.66. The average molecular weight is 468 g/mol. The first kappa shape index (κ1) is 22.8. The molecule has 0 radical (unpaired) electrons. The van der Waals surface area contributed by atoms with Gasteiger partial charge >= 0.3 is 0 Å². The summed E-state index contributed by atoms with van der Waals surface area (Å²) in [5.41, 5.74) is 7.13. The molecule has 0 saturated heterocycles. The number of halogens is 2. The molecule has 1 heterocycles. The van der Waals surface area contributed by atoms with Gasteiger partial charge in [-0.05, 0) is 59.7 Å². The topological polar surface area (TPSA) is 138 Å². The molecule has 0 fully saturated rings. The number of nitrogens with one attached hydrogen (secondary N) is 1. The summed E-state index contributed by atoms with van der Waals surface area (Å²) in [4.78, 5) is 19.8. The second-order valence-electron chi connectivity index (χ2n) is 7.15. The molecule has 35 heavy (non-hydrogen) atoms. The Hall–Kier alpha value is -5.35. The van der Waals surface area contributed by atoms with Gasteiger partial charge in [0.05, 0.1) is 23.3 Å². The van der Waals surface area contributed by atoms with Gasteiger partial charge in [0.25, 0.3) is 5.91 Å². The zero-order valence-corrected chi connectivity index (χ0v) is 17.8. The molecule has 0 unspecified atom stereocenters. The number of carbonyl (C=O) groups is 1. The van der Waals surface area contributed by atoms with Crippen LogP contribution in [0.4, 0.5) is 20.4 Å². The van der Waals surface area contributed by atoms with E-state index in [4.69, 9.17) is 21.0 Å². The monoisotopic (exact) mass is 468 g/mol. The van der Waals surface area contributed by atoms with Crippen LogP contribution in [0.5, 0.6) is 11.6 Å². The van der Waals surface area contributed by atoms with Crippen molar-refractivity contribution >= 4 is 17.5 Å². The smallest absolute Gasteiger partial charge is 0.255 e. The van der Waals surface area contributed by atoms with Gasteiger partial charge in [-0.1, -0.05) is 12.1 Å². The van der Waals surface area contributed by atoms with Gasteiger partial charge in [-0.25, -0.2) is 13.8 Å². The normalized spacial score (nSPS) is 10.2. The van der Waals surface area contributed by atoms with Crippen LogP contribution in [0.1, 0.15) is 21.5 Å². The van der Waals surface area contributed by atoms with Gasteiger partial charge in [0.1, 0.15) is 5.56 Å². The maximum atomic E-state index is 14.9. The quantitative estimate of drug-likeness (QED) is 0.414. The number of nitriles is 2. The molecule has 0 atom stereocenters. The maximum Gasteiger partial charge on any atom is 0.255 e. The van der Waals surface area contributed by atoms with Crippen LogP contribution in [0.2, 0.25) is 0 Å². The van der Waals surface area contributed by atoms with Crippen LogP contribution in [0.3, 0.4) is 0 Å². The van der Waals surface area contributed by atoms with Crippen LogP contribution in [-0.4, -0.2) is 15.9 Å². The van der Waals surface area contributed by atoms with Gasteiger partial charge in [-0.2, -0.15) is 15.5 Å². The summed E-state index contributed by atoms with van der Waals surface area (Å²) in [6.45, 7) is 0. The van der Waals surface area contributed by atoms with Crippen molar-refractivity contribution < 1.29 is 18.3 Å². The molecule has 4 rings (SSSR count). The van der Waals surface area contributed by atoms with E-state index in [2.05, 4.69) is 15.3 Å². The van der Waals surface area contributed by atoms with Crippen LogP contribution in [0.25, 0.3) is 11.1 Å². The van der Waals surface area contributed by atoms with Crippen LogP contribution >= 0.6 is 0 Å². The molecule has 0 aliphatic carbocycles. The van der Waals surface area contributed by atoms with Crippen molar-refractivity contribution in [3.05, 3.63) is 95.2 Å². The second kappa shape index (κ2) is 9.65. The third-order valence-electron chi connectivity index (χ3n) is 4.83. The zero-order valence-electron chi connectivity index (χ0n) is 17.8. The van der Waals surface area contributed by atoms with E-state index in [1.54, 1.807) is 36.4 Å². The molecular formula is C25H14F2N6O2. The average Bonchev–Trinajstić information content (AvgIpc) is 2.86. The van der Waals surface area contributed by atoms with Crippen LogP contribution in [-0.2, 0) is 0 Å². The number of aromatic nitrogens is 2. The lowest BCUT2D eigenvalue weighted by molar-refractivity contribution is 0.0997. The Bertz CT molecular complexity index is 1480. The molecule has 8 nitrogen and oxygen atoms in total. The summed E-state index contributed by atoms with van der Waals surface area (Å²) < 4.78 is 35.1. The van der Waals surface area contributed by atoms with E-state index in [0.717, 1.165) is 18.3 Å². The number of anilines is 2. The SMILES string of the molecule is N#Cc1ccc(Nc2ncc(C(N)=O)c(Oc3c(F)cc(-c4ccc(C#N)cc4)cc3F)n2)cc1. The van der Waals surface area contributed by atoms with E-state index in [0.29, 0.717) is 22.4 Å². The van der Waals surface area contributed by atoms with E-state index in [-0.39, 0.29) is 17.1 Å². The first-order valence-corrected chi connectivity index (χ1v) is 9.99. The molecule has 4 aromatic rings. The predicted molar refractivity (Wildman–Crippen MR) is 122 cm³/mol. The number of carbonyl (C=O) groups excluding carboxylic acids is 1. The standard InChI is InChI=1S/C25H14F2N6O2/c26-20-9-17(16-5-1-14(11-28)2-6-16)10-21(27)22(20)35-24-19(23(30)34)13-31-25(33-24)32-18-7-3-15(12-29)4-8-18/h1-10,13H,(H2,30,34)(H,31,32,33). The molecular weight excluding hydrogens is 454 g/mol. The summed E-state index contributed by atoms with van der Waals surface area (Å²) >= 11 is 0. The van der Waals surface area contributed by atoms with Crippen molar-refractivity contribution in [2.24, 2.45) is 5.73 Å². The highest BCUT2D eigenvalue weighted by Crippen LogP contribution is 2.33. The summed E-state index contributed by atoms with van der Waals surface area (Å²) in [5.74, 6) is -4.31. The van der Waals surface area contributed by atoms with Crippen molar-refractivity contribution in [1.82, 2.24) is 9.97 Å². The summed E-state index contributed by atoms with van der Waals surface area (Å²) in [6, 6.07) is 18.6. The largest absolute Gasteiger partial charge is 0.432 e. The van der Waals surface area contributed by atoms with Crippen molar-refractivity contribution in [2.75, 3.05) is 5.32 Å². The van der Waals surface area contributed by atoms with E-state index in [9.17, 15) is 13.6 Å². The second-order valence-corrected chi connectivity index (χ2v) is 7.15. The molecule has 0 aliphatic rings. The summed E-state index contributed by atoms with van der Waals surface area (Å²) in [6.07, 6.45) is 1.07. The summed E-state index contributed by atoms with van der Waals surface area (Å²) in [7, 11) is 0. The highest BCUT2D eigenvalue weighted by molar-refractivity contribution is 5.95. The van der Waals surface area contributed by atoms with Gasteiger partial charge in [0.2, 0.25) is 17.6 Å². The lowest BCUT2D eigenvalue weighted by atomic mass is 10.0. The minimum absolute atomic E-state index is 0.0373. The van der Waals surface area contributed by atoms with Gasteiger partial charge < -0.3 is 15.8 Å². The van der Waals surface area contributed by atoms with Crippen LogP contribution in [0.15, 0.2) is 66.9 Å². The fourth-order valence-corrected chi connectivity index (χ4v) is 3.09. The number of primary amides is 1. The first-order valence-electron chi connectivity index (χ1n) is 9.99. The molecule has 170 valence electrons. The lowest BCUT2D eigenvalue weighted by Gasteiger charge is -2.13. The lowest BCUT2D eigenvalue weighted by Crippen LogP contribution is -2.15. The van der Waals surface area contributed by atoms with E-state index < -0.39 is 29.2 Å². The number of nitrogens with two attached hydrogens (primary N) is 1. The molecule has 3 aromatic carbocycles. The van der Waals surface area contributed by atoms with E-state index in [1.165, 1.54) is 12.1 Å². The Morgan fingerprint density at radius 1 is 0.914 bits per heavy atom. The third kappa shape index (κ3) is 5.02. The maximum absolute atomic E-state index is 14.9. The van der Waals surface area contributed by atoms with Crippen molar-refractivity contribution in [3.8, 4) is 34.9 Å². The molecule has 0 bridgehead atoms. The van der Waals surface area contributed by atoms with Crippen LogP contribution < -0.4 is 15.8 Å². The molecule has 0 saturated carbocycles. The van der Waals surface area contributed by atoms with Gasteiger partial charge in [-0.15, -0.1) is 0 Å². The Kier molecular flexibility index (Phi) is 6.29. The molecule has 0 aliphatic heterocycles. The number of amides is 1. The number of ether oxygens (including phenoxy) is 1. The predicted octanol–water partition coefficient (Wildman–Crippen LogP) is 4.80. The number of nitrogens with zero attached hydrogens (tertiary/aromatic N) is 4. The number of hydrogen-bond donors (Lipinski definition) is 2. The third-order valence-corrected chi connectivity index (χ3v) is 4.83. The Labute approximate surface area is 197 Å². The van der Waals surface area contributed by atoms with Crippen molar-refractivity contribution in [1.29, 1.82) is 10.5 Å². The number of hydrogen-bond acceptors (Lipinski definition) is 7.